The lowest BCUT2D eigenvalue weighted by atomic mass is 9.98. The number of carbonyl (C=O) groups is 2. The van der Waals surface area contributed by atoms with E-state index in [4.69, 9.17) is 0 Å². The molecule has 2 amide bonds. The zero-order chi connectivity index (χ0) is 18.1. The van der Waals surface area contributed by atoms with Gasteiger partial charge in [-0.25, -0.2) is 0 Å². The minimum atomic E-state index is -0.388. The first-order valence-electron chi connectivity index (χ1n) is 8.40. The van der Waals surface area contributed by atoms with Gasteiger partial charge >= 0.3 is 0 Å². The maximum Gasteiger partial charge on any atom is 0.258 e. The molecule has 0 aromatic heterocycles. The van der Waals surface area contributed by atoms with Gasteiger partial charge in [0, 0.05) is 11.1 Å². The Morgan fingerprint density at radius 1 is 0.880 bits per heavy atom. The average molecular weight is 333 g/mol. The van der Waals surface area contributed by atoms with Gasteiger partial charge in [-0.3, -0.25) is 14.9 Å². The molecule has 3 heteroatoms. The summed E-state index contributed by atoms with van der Waals surface area (Å²) in [4.78, 5) is 24.8. The van der Waals surface area contributed by atoms with Gasteiger partial charge in [0.15, 0.2) is 0 Å². The lowest BCUT2D eigenvalue weighted by Crippen LogP contribution is -2.31. The summed E-state index contributed by atoms with van der Waals surface area (Å²) in [5, 5.41) is 2.48. The van der Waals surface area contributed by atoms with Gasteiger partial charge < -0.3 is 0 Å². The maximum absolute atomic E-state index is 12.6. The summed E-state index contributed by atoms with van der Waals surface area (Å²) in [5.74, 6) is -0.758. The van der Waals surface area contributed by atoms with Crippen molar-refractivity contribution in [3.05, 3.63) is 95.1 Å². The third-order valence-electron chi connectivity index (χ3n) is 3.84. The zero-order valence-corrected chi connectivity index (χ0v) is 14.7. The molecule has 1 N–H and O–H groups in total. The Balaban J connectivity index is 2.23. The fourth-order valence-corrected chi connectivity index (χ4v) is 2.50. The van der Waals surface area contributed by atoms with Crippen molar-refractivity contribution in [2.24, 2.45) is 0 Å². The third kappa shape index (κ3) is 5.28. The van der Waals surface area contributed by atoms with Crippen molar-refractivity contribution in [2.75, 3.05) is 0 Å². The molecule has 0 bridgehead atoms. The number of carbonyl (C=O) groups excluding carboxylic acids is 2. The molecule has 0 aliphatic rings. The molecule has 2 rings (SSSR count). The van der Waals surface area contributed by atoms with Gasteiger partial charge in [0.2, 0.25) is 0 Å². The van der Waals surface area contributed by atoms with Crippen molar-refractivity contribution in [3.8, 4) is 0 Å². The third-order valence-corrected chi connectivity index (χ3v) is 3.84. The van der Waals surface area contributed by atoms with Crippen LogP contribution in [0, 0.1) is 0 Å². The van der Waals surface area contributed by atoms with Crippen molar-refractivity contribution < 1.29 is 9.59 Å². The molecule has 0 saturated heterocycles. The van der Waals surface area contributed by atoms with Crippen LogP contribution in [0.5, 0.6) is 0 Å². The van der Waals surface area contributed by atoms with Crippen LogP contribution in [0.15, 0.2) is 72.8 Å². The lowest BCUT2D eigenvalue weighted by molar-refractivity contribution is 0.0849. The predicted octanol–water partition coefficient (Wildman–Crippen LogP) is 4.49. The molecule has 0 aliphatic heterocycles. The SMILES string of the molecule is C/C=C/Cc1ccc(C(=O)NC(=O)c2ccccc2)c(C/C=C/C)c1. The van der Waals surface area contributed by atoms with E-state index in [0.29, 0.717) is 17.5 Å². The fourth-order valence-electron chi connectivity index (χ4n) is 2.50. The normalized spacial score (nSPS) is 11.1. The first kappa shape index (κ1) is 18.4. The number of amides is 2. The standard InChI is InChI=1S/C22H23NO2/c1-3-5-10-17-14-15-20(19(16-17)11-6-4-2)22(25)23-21(24)18-12-8-7-9-13-18/h3-9,12-16H,10-11H2,1-2H3,(H,23,24,25)/b5-3+,6-4+. The molecule has 0 fully saturated rings. The predicted molar refractivity (Wildman–Crippen MR) is 102 cm³/mol. The average Bonchev–Trinajstić information content (AvgIpc) is 2.65. The van der Waals surface area contributed by atoms with Gasteiger partial charge in [0.25, 0.3) is 11.8 Å². The van der Waals surface area contributed by atoms with Crippen LogP contribution < -0.4 is 5.32 Å². The Bertz CT molecular complexity index is 789. The number of imide groups is 1. The second-order valence-electron chi connectivity index (χ2n) is 5.69. The minimum absolute atomic E-state index is 0.370. The number of benzene rings is 2. The highest BCUT2D eigenvalue weighted by Crippen LogP contribution is 2.15. The molecule has 25 heavy (non-hydrogen) atoms. The molecule has 128 valence electrons. The van der Waals surface area contributed by atoms with Gasteiger partial charge in [-0.2, -0.15) is 0 Å². The first-order valence-corrected chi connectivity index (χ1v) is 8.40. The van der Waals surface area contributed by atoms with Gasteiger partial charge in [0.05, 0.1) is 0 Å². The van der Waals surface area contributed by atoms with E-state index in [0.717, 1.165) is 17.5 Å². The molecule has 0 aliphatic carbocycles. The zero-order valence-electron chi connectivity index (χ0n) is 14.7. The smallest absolute Gasteiger partial charge is 0.258 e. The van der Waals surface area contributed by atoms with E-state index in [1.807, 2.05) is 50.3 Å². The number of hydrogen-bond acceptors (Lipinski definition) is 2. The molecule has 0 unspecified atom stereocenters. The van der Waals surface area contributed by atoms with Crippen LogP contribution >= 0.6 is 0 Å². The monoisotopic (exact) mass is 333 g/mol. The lowest BCUT2D eigenvalue weighted by Gasteiger charge is -2.10. The maximum atomic E-state index is 12.6. The first-order chi connectivity index (χ1) is 12.2. The van der Waals surface area contributed by atoms with E-state index in [9.17, 15) is 9.59 Å². The van der Waals surface area contributed by atoms with Crippen LogP contribution in [-0.2, 0) is 12.8 Å². The van der Waals surface area contributed by atoms with E-state index in [1.165, 1.54) is 0 Å². The molecule has 2 aromatic carbocycles. The highest BCUT2D eigenvalue weighted by atomic mass is 16.2. The van der Waals surface area contributed by atoms with E-state index in [2.05, 4.69) is 11.4 Å². The summed E-state index contributed by atoms with van der Waals surface area (Å²) >= 11 is 0. The molecular weight excluding hydrogens is 310 g/mol. The minimum Gasteiger partial charge on any atom is -0.288 e. The molecule has 0 spiro atoms. The van der Waals surface area contributed by atoms with Crippen molar-refractivity contribution >= 4 is 11.8 Å². The van der Waals surface area contributed by atoms with Gasteiger partial charge in [-0.1, -0.05) is 54.6 Å². The van der Waals surface area contributed by atoms with Gasteiger partial charge in [0.1, 0.15) is 0 Å². The Hall–Kier alpha value is -2.94. The van der Waals surface area contributed by atoms with Crippen LogP contribution in [-0.4, -0.2) is 11.8 Å². The molecule has 0 saturated carbocycles. The fraction of sp³-hybridized carbons (Fsp3) is 0.182. The summed E-state index contributed by atoms with van der Waals surface area (Å²) < 4.78 is 0. The Kier molecular flexibility index (Phi) is 6.90. The summed E-state index contributed by atoms with van der Waals surface area (Å²) in [5.41, 5.74) is 3.06. The number of hydrogen-bond donors (Lipinski definition) is 1. The van der Waals surface area contributed by atoms with Crippen molar-refractivity contribution in [3.63, 3.8) is 0 Å². The molecule has 0 radical (unpaired) electrons. The van der Waals surface area contributed by atoms with E-state index in [1.54, 1.807) is 30.3 Å². The summed E-state index contributed by atoms with van der Waals surface area (Å²) in [6, 6.07) is 14.5. The highest BCUT2D eigenvalue weighted by Gasteiger charge is 2.15. The van der Waals surface area contributed by atoms with Gasteiger partial charge in [-0.05, 0) is 56.0 Å². The summed E-state index contributed by atoms with van der Waals surface area (Å²) in [6.45, 7) is 3.93. The van der Waals surface area contributed by atoms with E-state index >= 15 is 0 Å². The van der Waals surface area contributed by atoms with Crippen molar-refractivity contribution in [2.45, 2.75) is 26.7 Å². The van der Waals surface area contributed by atoms with E-state index < -0.39 is 0 Å². The molecule has 3 nitrogen and oxygen atoms in total. The second kappa shape index (κ2) is 9.38. The largest absolute Gasteiger partial charge is 0.288 e. The summed E-state index contributed by atoms with van der Waals surface area (Å²) in [6.07, 6.45) is 9.52. The Morgan fingerprint density at radius 3 is 2.24 bits per heavy atom. The van der Waals surface area contributed by atoms with Crippen molar-refractivity contribution in [1.29, 1.82) is 0 Å². The topological polar surface area (TPSA) is 46.2 Å². The van der Waals surface area contributed by atoms with Crippen LogP contribution in [0.2, 0.25) is 0 Å². The Labute approximate surface area is 149 Å². The van der Waals surface area contributed by atoms with Crippen LogP contribution in [0.3, 0.4) is 0 Å². The quantitative estimate of drug-likeness (QED) is 0.625. The van der Waals surface area contributed by atoms with Gasteiger partial charge in [-0.15, -0.1) is 0 Å². The highest BCUT2D eigenvalue weighted by molar-refractivity contribution is 6.10. The molecular formula is C22H23NO2. The molecule has 2 aromatic rings. The van der Waals surface area contributed by atoms with Crippen LogP contribution in [0.1, 0.15) is 45.7 Å². The van der Waals surface area contributed by atoms with E-state index in [-0.39, 0.29) is 11.8 Å². The number of rotatable bonds is 6. The molecule has 0 heterocycles. The second-order valence-corrected chi connectivity index (χ2v) is 5.69. The van der Waals surface area contributed by atoms with Crippen LogP contribution in [0.4, 0.5) is 0 Å². The number of allylic oxidation sites excluding steroid dienone is 4. The number of nitrogens with one attached hydrogen (secondary N) is 1. The van der Waals surface area contributed by atoms with Crippen LogP contribution in [0.25, 0.3) is 0 Å². The molecule has 0 atom stereocenters. The van der Waals surface area contributed by atoms with Crippen molar-refractivity contribution in [1.82, 2.24) is 5.32 Å². The Morgan fingerprint density at radius 2 is 1.56 bits per heavy atom. The summed E-state index contributed by atoms with van der Waals surface area (Å²) in [7, 11) is 0.